The fourth-order valence-electron chi connectivity index (χ4n) is 4.35. The fraction of sp³-hybridized carbons (Fsp3) is 0.458. The molecule has 3 heterocycles. The molecule has 0 aliphatic carbocycles. The van der Waals surface area contributed by atoms with Gasteiger partial charge in [0.15, 0.2) is 11.5 Å². The monoisotopic (exact) mass is 438 g/mol. The highest BCUT2D eigenvalue weighted by atomic mass is 16.5. The number of amides is 1. The summed E-state index contributed by atoms with van der Waals surface area (Å²) in [7, 11) is 3.20. The van der Waals surface area contributed by atoms with Crippen LogP contribution in [0, 0.1) is 6.92 Å². The number of hydrogen-bond acceptors (Lipinski definition) is 5. The van der Waals surface area contributed by atoms with Crippen molar-refractivity contribution in [2.75, 3.05) is 20.8 Å². The predicted molar refractivity (Wildman–Crippen MR) is 123 cm³/mol. The van der Waals surface area contributed by atoms with Gasteiger partial charge in [0.1, 0.15) is 17.9 Å². The summed E-state index contributed by atoms with van der Waals surface area (Å²) in [5.74, 6) is 2.06. The number of nitrogens with zero attached hydrogens (tertiary/aromatic N) is 3. The molecular weight excluding hydrogens is 408 g/mol. The Labute approximate surface area is 187 Å². The Kier molecular flexibility index (Phi) is 6.48. The lowest BCUT2D eigenvalue weighted by Gasteiger charge is -2.12. The number of rotatable bonds is 7. The molecule has 1 aliphatic rings. The van der Waals surface area contributed by atoms with Gasteiger partial charge in [0.25, 0.3) is 5.56 Å². The Morgan fingerprint density at radius 2 is 1.94 bits per heavy atom. The van der Waals surface area contributed by atoms with Crippen LogP contribution in [0.15, 0.2) is 29.1 Å². The molecule has 0 radical (unpaired) electrons. The predicted octanol–water partition coefficient (Wildman–Crippen LogP) is 2.61. The average Bonchev–Trinajstić information content (AvgIpc) is 2.94. The summed E-state index contributed by atoms with van der Waals surface area (Å²) in [5.41, 5.74) is 3.05. The third-order valence-corrected chi connectivity index (χ3v) is 6.06. The van der Waals surface area contributed by atoms with Crippen LogP contribution in [0.25, 0.3) is 11.0 Å². The number of carbonyl (C=O) groups is 1. The molecule has 1 aromatic carbocycles. The molecule has 0 saturated carbocycles. The topological polar surface area (TPSA) is 87.4 Å². The molecule has 3 aromatic rings. The molecule has 0 saturated heterocycles. The highest BCUT2D eigenvalue weighted by Crippen LogP contribution is 2.27. The van der Waals surface area contributed by atoms with Crippen LogP contribution in [0.1, 0.15) is 36.3 Å². The molecule has 0 bridgehead atoms. The number of nitrogens with one attached hydrogen (secondary N) is 1. The summed E-state index contributed by atoms with van der Waals surface area (Å²) in [5, 5.41) is 2.96. The molecule has 4 rings (SSSR count). The zero-order valence-corrected chi connectivity index (χ0v) is 18.9. The molecule has 0 unspecified atom stereocenters. The van der Waals surface area contributed by atoms with E-state index < -0.39 is 0 Å². The lowest BCUT2D eigenvalue weighted by atomic mass is 10.1. The minimum atomic E-state index is -0.134. The number of carbonyl (C=O) groups excluding carboxylic acids is 1. The van der Waals surface area contributed by atoms with Crippen LogP contribution in [-0.4, -0.2) is 40.8 Å². The van der Waals surface area contributed by atoms with Gasteiger partial charge in [-0.25, -0.2) is 4.98 Å². The molecule has 170 valence electrons. The van der Waals surface area contributed by atoms with E-state index >= 15 is 0 Å². The van der Waals surface area contributed by atoms with E-state index in [1.807, 2.05) is 31.2 Å². The molecule has 1 N–H and O–H groups in total. The van der Waals surface area contributed by atoms with Crippen LogP contribution in [0.5, 0.6) is 11.5 Å². The van der Waals surface area contributed by atoms with Crippen LogP contribution >= 0.6 is 0 Å². The van der Waals surface area contributed by atoms with E-state index in [2.05, 4.69) is 5.32 Å². The van der Waals surface area contributed by atoms with Crippen molar-refractivity contribution in [2.45, 2.75) is 52.1 Å². The number of benzene rings is 1. The van der Waals surface area contributed by atoms with Gasteiger partial charge in [0, 0.05) is 25.2 Å². The van der Waals surface area contributed by atoms with Gasteiger partial charge in [-0.05, 0) is 49.9 Å². The number of hydrogen-bond donors (Lipinski definition) is 1. The first-order valence-corrected chi connectivity index (χ1v) is 11.1. The highest BCUT2D eigenvalue weighted by Gasteiger charge is 2.19. The molecule has 0 atom stereocenters. The van der Waals surface area contributed by atoms with Crippen LogP contribution in [0.2, 0.25) is 0 Å². The number of fused-ring (bicyclic) bond motifs is 2. The number of methoxy groups -OCH3 is 2. The third kappa shape index (κ3) is 4.35. The molecule has 0 spiro atoms. The summed E-state index contributed by atoms with van der Waals surface area (Å²) in [4.78, 5) is 30.6. The van der Waals surface area contributed by atoms with E-state index in [-0.39, 0.29) is 18.0 Å². The van der Waals surface area contributed by atoms with Gasteiger partial charge in [-0.1, -0.05) is 12.5 Å². The number of aromatic nitrogens is 3. The molecule has 8 heteroatoms. The first-order valence-electron chi connectivity index (χ1n) is 11.1. The van der Waals surface area contributed by atoms with Gasteiger partial charge >= 0.3 is 0 Å². The van der Waals surface area contributed by atoms with Gasteiger partial charge in [-0.15, -0.1) is 0 Å². The van der Waals surface area contributed by atoms with Crippen molar-refractivity contribution in [2.24, 2.45) is 0 Å². The molecule has 1 aliphatic heterocycles. The van der Waals surface area contributed by atoms with Crippen molar-refractivity contribution in [3.63, 3.8) is 0 Å². The molecular formula is C24H30N4O4. The van der Waals surface area contributed by atoms with Crippen LogP contribution in [0.3, 0.4) is 0 Å². The van der Waals surface area contributed by atoms with E-state index in [9.17, 15) is 9.59 Å². The average molecular weight is 439 g/mol. The molecule has 32 heavy (non-hydrogen) atoms. The summed E-state index contributed by atoms with van der Waals surface area (Å²) in [6.07, 6.45) is 4.63. The minimum absolute atomic E-state index is 0.0434. The van der Waals surface area contributed by atoms with E-state index in [0.29, 0.717) is 42.0 Å². The standard InChI is InChI=1S/C24H30N4O4/c1-16-13-18-23(24(30)27-12-6-4-5-7-21(27)26-18)28(16)15-22(29)25-11-10-17-8-9-19(31-2)20(14-17)32-3/h8-9,13-14H,4-7,10-12,15H2,1-3H3,(H,25,29). The normalized spacial score (nSPS) is 13.5. The van der Waals surface area contributed by atoms with Gasteiger partial charge in [-0.2, -0.15) is 0 Å². The molecule has 1 amide bonds. The minimum Gasteiger partial charge on any atom is -0.493 e. The second kappa shape index (κ2) is 9.46. The van der Waals surface area contributed by atoms with Crippen molar-refractivity contribution < 1.29 is 14.3 Å². The van der Waals surface area contributed by atoms with E-state index in [1.54, 1.807) is 23.4 Å². The fourth-order valence-corrected chi connectivity index (χ4v) is 4.35. The lowest BCUT2D eigenvalue weighted by Crippen LogP contribution is -2.31. The van der Waals surface area contributed by atoms with Crippen molar-refractivity contribution >= 4 is 16.9 Å². The summed E-state index contributed by atoms with van der Waals surface area (Å²) in [6, 6.07) is 7.62. The Bertz CT molecular complexity index is 1190. The largest absolute Gasteiger partial charge is 0.493 e. The van der Waals surface area contributed by atoms with E-state index in [4.69, 9.17) is 14.5 Å². The zero-order valence-electron chi connectivity index (χ0n) is 18.9. The molecule has 8 nitrogen and oxygen atoms in total. The summed E-state index contributed by atoms with van der Waals surface area (Å²) < 4.78 is 14.2. The zero-order chi connectivity index (χ0) is 22.7. The third-order valence-electron chi connectivity index (χ3n) is 6.06. The Morgan fingerprint density at radius 1 is 1.12 bits per heavy atom. The number of aryl methyl sites for hydroxylation is 2. The van der Waals surface area contributed by atoms with Gasteiger partial charge in [0.2, 0.25) is 5.91 Å². The Balaban J connectivity index is 1.46. The van der Waals surface area contributed by atoms with Crippen molar-refractivity contribution in [1.82, 2.24) is 19.4 Å². The SMILES string of the molecule is COc1ccc(CCNC(=O)Cn2c(C)cc3nc4n(c(=O)c32)CCCCC4)cc1OC. The van der Waals surface area contributed by atoms with E-state index in [0.717, 1.165) is 42.8 Å². The maximum atomic E-state index is 13.2. The summed E-state index contributed by atoms with van der Waals surface area (Å²) in [6.45, 7) is 3.18. The maximum Gasteiger partial charge on any atom is 0.278 e. The van der Waals surface area contributed by atoms with Crippen molar-refractivity contribution in [1.29, 1.82) is 0 Å². The maximum absolute atomic E-state index is 13.2. The van der Waals surface area contributed by atoms with Crippen LogP contribution < -0.4 is 20.3 Å². The number of ether oxygens (including phenoxy) is 2. The van der Waals surface area contributed by atoms with Gasteiger partial charge in [-0.3, -0.25) is 14.2 Å². The van der Waals surface area contributed by atoms with Gasteiger partial charge in [0.05, 0.1) is 19.7 Å². The van der Waals surface area contributed by atoms with Crippen molar-refractivity contribution in [3.8, 4) is 11.5 Å². The van der Waals surface area contributed by atoms with E-state index in [1.165, 1.54) is 0 Å². The molecule has 0 fully saturated rings. The van der Waals surface area contributed by atoms with Crippen molar-refractivity contribution in [3.05, 3.63) is 51.7 Å². The Hall–Kier alpha value is -3.29. The Morgan fingerprint density at radius 3 is 2.72 bits per heavy atom. The summed E-state index contributed by atoms with van der Waals surface area (Å²) >= 11 is 0. The van der Waals surface area contributed by atoms with Gasteiger partial charge < -0.3 is 19.4 Å². The quantitative estimate of drug-likeness (QED) is 0.613. The van der Waals surface area contributed by atoms with Crippen LogP contribution in [-0.2, 0) is 30.7 Å². The smallest absolute Gasteiger partial charge is 0.278 e. The first kappa shape index (κ1) is 21.9. The first-order chi connectivity index (χ1) is 15.5. The van der Waals surface area contributed by atoms with Crippen LogP contribution in [0.4, 0.5) is 0 Å². The highest BCUT2D eigenvalue weighted by molar-refractivity contribution is 5.81. The lowest BCUT2D eigenvalue weighted by molar-refractivity contribution is -0.121. The second-order valence-corrected chi connectivity index (χ2v) is 8.19. The molecule has 2 aromatic heterocycles. The second-order valence-electron chi connectivity index (χ2n) is 8.19.